The average molecular weight is 287 g/mol. The van der Waals surface area contributed by atoms with Crippen molar-refractivity contribution < 1.29 is 14.0 Å². The van der Waals surface area contributed by atoms with Gasteiger partial charge in [-0.25, -0.2) is 0 Å². The molecule has 0 unspecified atom stereocenters. The van der Waals surface area contributed by atoms with E-state index in [9.17, 15) is 0 Å². The lowest BCUT2D eigenvalue weighted by Gasteiger charge is -1.99. The summed E-state index contributed by atoms with van der Waals surface area (Å²) in [5.74, 6) is 1.51. The van der Waals surface area contributed by atoms with Gasteiger partial charge in [-0.05, 0) is 13.0 Å². The maximum Gasteiger partial charge on any atom is 0.232 e. The minimum Gasteiger partial charge on any atom is -0.454 e. The Kier molecular flexibility index (Phi) is 2.36. The molecule has 0 amide bonds. The first-order chi connectivity index (χ1) is 9.68. The Balaban J connectivity index is 2.28. The van der Waals surface area contributed by atoms with Crippen LogP contribution < -0.4 is 14.0 Å². The first-order valence-electron chi connectivity index (χ1n) is 6.47. The number of fused-ring (bicyclic) bond motifs is 4. The lowest BCUT2D eigenvalue weighted by atomic mass is 10.1. The van der Waals surface area contributed by atoms with Crippen LogP contribution in [0.4, 0.5) is 0 Å². The van der Waals surface area contributed by atoms with Gasteiger partial charge in [0, 0.05) is 17.7 Å². The maximum atomic E-state index is 6.52. The second-order valence-corrected chi connectivity index (χ2v) is 5.42. The molecule has 3 aliphatic rings. The van der Waals surface area contributed by atoms with Gasteiger partial charge >= 0.3 is 0 Å². The Hall–Kier alpha value is -2.00. The maximum absolute atomic E-state index is 6.52. The van der Waals surface area contributed by atoms with Gasteiger partial charge in [0.15, 0.2) is 11.5 Å². The molecular formula is C16H13ClNO2+. The number of nitrogens with zero attached hydrogens (tertiary/aromatic N) is 1. The first kappa shape index (κ1) is 11.8. The van der Waals surface area contributed by atoms with Crippen molar-refractivity contribution in [2.75, 3.05) is 6.79 Å². The Morgan fingerprint density at radius 2 is 2.00 bits per heavy atom. The van der Waals surface area contributed by atoms with Gasteiger partial charge < -0.3 is 9.47 Å². The van der Waals surface area contributed by atoms with E-state index in [1.165, 1.54) is 5.39 Å². The number of aryl methyl sites for hydroxylation is 1. The molecule has 2 heterocycles. The fourth-order valence-electron chi connectivity index (χ4n) is 3.04. The molecule has 0 saturated heterocycles. The van der Waals surface area contributed by atoms with Crippen LogP contribution in [-0.4, -0.2) is 6.79 Å². The minimum atomic E-state index is 0.253. The molecule has 1 aliphatic carbocycles. The highest BCUT2D eigenvalue weighted by Crippen LogP contribution is 2.45. The number of hydrogen-bond donors (Lipinski definition) is 0. The minimum absolute atomic E-state index is 0.253. The summed E-state index contributed by atoms with van der Waals surface area (Å²) < 4.78 is 13.2. The van der Waals surface area contributed by atoms with E-state index in [2.05, 4.69) is 23.6 Å². The monoisotopic (exact) mass is 286 g/mol. The first-order valence-corrected chi connectivity index (χ1v) is 6.85. The Morgan fingerprint density at radius 3 is 2.85 bits per heavy atom. The summed E-state index contributed by atoms with van der Waals surface area (Å²) >= 11 is 6.52. The third-order valence-electron chi connectivity index (χ3n) is 3.95. The van der Waals surface area contributed by atoms with Crippen LogP contribution in [0.15, 0.2) is 30.3 Å². The highest BCUT2D eigenvalue weighted by Gasteiger charge is 2.31. The van der Waals surface area contributed by atoms with Crippen molar-refractivity contribution in [1.82, 2.24) is 0 Å². The molecule has 0 bridgehead atoms. The van der Waals surface area contributed by atoms with Crippen LogP contribution in [0, 0.1) is 6.92 Å². The summed E-state index contributed by atoms with van der Waals surface area (Å²) in [4.78, 5) is 0. The normalized spacial score (nSPS) is 13.3. The largest absolute Gasteiger partial charge is 0.454 e. The van der Waals surface area contributed by atoms with Crippen LogP contribution in [0.1, 0.15) is 5.56 Å². The van der Waals surface area contributed by atoms with Gasteiger partial charge in [0.1, 0.15) is 12.1 Å². The zero-order valence-corrected chi connectivity index (χ0v) is 12.0. The topological polar surface area (TPSA) is 22.3 Å². The highest BCUT2D eigenvalue weighted by molar-refractivity contribution is 6.33. The summed E-state index contributed by atoms with van der Waals surface area (Å²) in [6.07, 6.45) is 0. The lowest BCUT2D eigenvalue weighted by Crippen LogP contribution is -2.28. The molecule has 20 heavy (non-hydrogen) atoms. The molecule has 4 heteroatoms. The predicted molar refractivity (Wildman–Crippen MR) is 77.6 cm³/mol. The van der Waals surface area contributed by atoms with Crippen molar-refractivity contribution in [2.45, 2.75) is 6.92 Å². The molecule has 3 nitrogen and oxygen atoms in total. The van der Waals surface area contributed by atoms with Crippen LogP contribution in [0.5, 0.6) is 11.5 Å². The van der Waals surface area contributed by atoms with Crippen LogP contribution in [-0.2, 0) is 7.05 Å². The van der Waals surface area contributed by atoms with Gasteiger partial charge in [0.2, 0.25) is 18.0 Å². The molecule has 1 aromatic rings. The summed E-state index contributed by atoms with van der Waals surface area (Å²) in [5, 5.41) is 1.85. The summed E-state index contributed by atoms with van der Waals surface area (Å²) in [6.45, 7) is 2.31. The molecule has 2 aliphatic heterocycles. The Morgan fingerprint density at radius 1 is 1.20 bits per heavy atom. The average Bonchev–Trinajstić information content (AvgIpc) is 2.99. The molecule has 0 radical (unpaired) electrons. The second kappa shape index (κ2) is 4.00. The molecule has 4 rings (SSSR count). The van der Waals surface area contributed by atoms with E-state index in [4.69, 9.17) is 21.1 Å². The Labute approximate surface area is 121 Å². The molecule has 100 valence electrons. The molecule has 0 atom stereocenters. The molecule has 0 spiro atoms. The highest BCUT2D eigenvalue weighted by atomic mass is 35.5. The molecule has 0 fully saturated rings. The van der Waals surface area contributed by atoms with Crippen LogP contribution in [0.2, 0.25) is 5.02 Å². The van der Waals surface area contributed by atoms with Crippen molar-refractivity contribution in [2.24, 2.45) is 7.05 Å². The van der Waals surface area contributed by atoms with E-state index >= 15 is 0 Å². The summed E-state index contributed by atoms with van der Waals surface area (Å²) in [6, 6.07) is 10.1. The van der Waals surface area contributed by atoms with Crippen LogP contribution in [0.3, 0.4) is 0 Å². The summed E-state index contributed by atoms with van der Waals surface area (Å²) in [7, 11) is 2.03. The Bertz CT molecular complexity index is 829. The van der Waals surface area contributed by atoms with Gasteiger partial charge in [-0.1, -0.05) is 23.7 Å². The van der Waals surface area contributed by atoms with Crippen molar-refractivity contribution >= 4 is 22.5 Å². The van der Waals surface area contributed by atoms with E-state index < -0.39 is 0 Å². The zero-order chi connectivity index (χ0) is 13.9. The molecule has 0 aromatic heterocycles. The van der Waals surface area contributed by atoms with Crippen molar-refractivity contribution in [3.05, 3.63) is 40.9 Å². The van der Waals surface area contributed by atoms with Crippen LogP contribution >= 0.6 is 11.6 Å². The van der Waals surface area contributed by atoms with Crippen molar-refractivity contribution in [3.8, 4) is 22.8 Å². The molecule has 0 saturated carbocycles. The third kappa shape index (κ3) is 1.38. The van der Waals surface area contributed by atoms with E-state index in [0.29, 0.717) is 10.8 Å². The fourth-order valence-corrected chi connectivity index (χ4v) is 3.36. The molecule has 1 aromatic carbocycles. The lowest BCUT2D eigenvalue weighted by molar-refractivity contribution is -0.631. The van der Waals surface area contributed by atoms with Crippen molar-refractivity contribution in [3.63, 3.8) is 0 Å². The van der Waals surface area contributed by atoms with Gasteiger partial charge in [-0.15, -0.1) is 0 Å². The SMILES string of the molecule is Cc1c2c(cc(Cl)c3[n+](C)c4ccccc4c1-3)OCO2. The van der Waals surface area contributed by atoms with E-state index in [0.717, 1.165) is 28.1 Å². The smallest absolute Gasteiger partial charge is 0.232 e. The number of benzene rings is 1. The fraction of sp³-hybridized carbons (Fsp3) is 0.188. The number of hydrogen-bond acceptors (Lipinski definition) is 2. The standard InChI is InChI=1S/C16H13ClNO2/c1-9-14-10-5-3-4-6-12(10)18(2)15(14)11(17)7-13-16(9)20-8-19-13/h3-7H,8H2,1-2H3/q+1. The zero-order valence-electron chi connectivity index (χ0n) is 11.2. The van der Waals surface area contributed by atoms with Gasteiger partial charge in [-0.3, -0.25) is 0 Å². The number of rotatable bonds is 0. The molecule has 0 N–H and O–H groups in total. The quantitative estimate of drug-likeness (QED) is 0.591. The van der Waals surface area contributed by atoms with Gasteiger partial charge in [0.05, 0.1) is 10.9 Å². The number of ether oxygens (including phenoxy) is 2. The number of halogens is 1. The predicted octanol–water partition coefficient (Wildman–Crippen LogP) is 3.46. The van der Waals surface area contributed by atoms with E-state index in [-0.39, 0.29) is 6.79 Å². The van der Waals surface area contributed by atoms with Gasteiger partial charge in [-0.2, -0.15) is 4.57 Å². The van der Waals surface area contributed by atoms with Crippen LogP contribution in [0.25, 0.3) is 22.2 Å². The van der Waals surface area contributed by atoms with E-state index in [1.54, 1.807) is 0 Å². The number of aromatic nitrogens is 1. The summed E-state index contributed by atoms with van der Waals surface area (Å²) in [5.41, 5.74) is 4.36. The van der Waals surface area contributed by atoms with E-state index in [1.807, 2.05) is 25.2 Å². The molecular weight excluding hydrogens is 274 g/mol. The number of para-hydroxylation sites is 1. The van der Waals surface area contributed by atoms with Gasteiger partial charge in [0.25, 0.3) is 0 Å². The second-order valence-electron chi connectivity index (χ2n) is 5.02. The third-order valence-corrected chi connectivity index (χ3v) is 4.24. The van der Waals surface area contributed by atoms with Crippen molar-refractivity contribution in [1.29, 1.82) is 0 Å².